The van der Waals surface area contributed by atoms with Gasteiger partial charge in [-0.15, -0.1) is 24.8 Å². The van der Waals surface area contributed by atoms with Crippen molar-refractivity contribution in [2.75, 3.05) is 31.1 Å². The minimum Gasteiger partial charge on any atom is -0.476 e. The zero-order valence-electron chi connectivity index (χ0n) is 9.00. The third kappa shape index (κ3) is 3.99. The van der Waals surface area contributed by atoms with Crippen molar-refractivity contribution < 1.29 is 9.90 Å². The standard InChI is InChI=1S/C9H12N4O2.2ClH/c14-9(15)7-5-12-8(6-11-7)13-3-1-10-2-4-13;;/h5-6,10H,1-4H2,(H,14,15);2*1H. The zero-order valence-corrected chi connectivity index (χ0v) is 10.6. The first-order valence-corrected chi connectivity index (χ1v) is 4.78. The van der Waals surface area contributed by atoms with Crippen LogP contribution in [0.4, 0.5) is 5.82 Å². The molecule has 1 aromatic rings. The number of hydrogen-bond acceptors (Lipinski definition) is 5. The number of carbonyl (C=O) groups is 1. The molecule has 0 amide bonds. The molecule has 1 saturated heterocycles. The van der Waals surface area contributed by atoms with Crippen molar-refractivity contribution in [2.24, 2.45) is 0 Å². The number of aromatic nitrogens is 2. The van der Waals surface area contributed by atoms with Gasteiger partial charge in [-0.1, -0.05) is 0 Å². The van der Waals surface area contributed by atoms with E-state index in [2.05, 4.69) is 20.2 Å². The third-order valence-corrected chi connectivity index (χ3v) is 2.30. The van der Waals surface area contributed by atoms with Crippen LogP contribution in [-0.2, 0) is 0 Å². The van der Waals surface area contributed by atoms with Gasteiger partial charge in [0.2, 0.25) is 0 Å². The van der Waals surface area contributed by atoms with Crippen molar-refractivity contribution in [3.05, 3.63) is 18.1 Å². The Labute approximate surface area is 111 Å². The van der Waals surface area contributed by atoms with Crippen LogP contribution >= 0.6 is 24.8 Å². The Kier molecular flexibility index (Phi) is 6.79. The van der Waals surface area contributed by atoms with E-state index in [1.807, 2.05) is 0 Å². The maximum atomic E-state index is 10.6. The van der Waals surface area contributed by atoms with Gasteiger partial charge in [0, 0.05) is 26.2 Å². The maximum absolute atomic E-state index is 10.6. The molecule has 0 aliphatic carbocycles. The fourth-order valence-corrected chi connectivity index (χ4v) is 1.49. The molecule has 0 unspecified atom stereocenters. The normalized spacial score (nSPS) is 14.5. The lowest BCUT2D eigenvalue weighted by molar-refractivity contribution is 0.0690. The number of hydrogen-bond donors (Lipinski definition) is 2. The van der Waals surface area contributed by atoms with Crippen LogP contribution in [0.2, 0.25) is 0 Å². The van der Waals surface area contributed by atoms with Gasteiger partial charge < -0.3 is 15.3 Å². The molecule has 96 valence electrons. The lowest BCUT2D eigenvalue weighted by Crippen LogP contribution is -2.43. The van der Waals surface area contributed by atoms with Crippen molar-refractivity contribution in [1.29, 1.82) is 0 Å². The molecule has 2 rings (SSSR count). The van der Waals surface area contributed by atoms with Crippen LogP contribution in [0.1, 0.15) is 10.5 Å². The summed E-state index contributed by atoms with van der Waals surface area (Å²) >= 11 is 0. The third-order valence-electron chi connectivity index (χ3n) is 2.30. The summed E-state index contributed by atoms with van der Waals surface area (Å²) < 4.78 is 0. The van der Waals surface area contributed by atoms with Gasteiger partial charge in [0.25, 0.3) is 0 Å². The van der Waals surface area contributed by atoms with Crippen LogP contribution in [-0.4, -0.2) is 47.2 Å². The van der Waals surface area contributed by atoms with Crippen LogP contribution in [0.15, 0.2) is 12.4 Å². The van der Waals surface area contributed by atoms with E-state index in [0.717, 1.165) is 32.0 Å². The van der Waals surface area contributed by atoms with Crippen molar-refractivity contribution in [1.82, 2.24) is 15.3 Å². The summed E-state index contributed by atoms with van der Waals surface area (Å²) in [5, 5.41) is 11.9. The molecule has 0 spiro atoms. The van der Waals surface area contributed by atoms with Gasteiger partial charge in [-0.05, 0) is 0 Å². The van der Waals surface area contributed by atoms with Crippen molar-refractivity contribution in [2.45, 2.75) is 0 Å². The van der Waals surface area contributed by atoms with Gasteiger partial charge in [-0.3, -0.25) is 0 Å². The Bertz CT molecular complexity index is 355. The fourth-order valence-electron chi connectivity index (χ4n) is 1.49. The first kappa shape index (κ1) is 15.9. The minimum atomic E-state index is -1.05. The van der Waals surface area contributed by atoms with Gasteiger partial charge in [0.1, 0.15) is 5.82 Å². The molecule has 0 saturated carbocycles. The highest BCUT2D eigenvalue weighted by Crippen LogP contribution is 2.09. The number of nitrogens with one attached hydrogen (secondary N) is 1. The predicted molar refractivity (Wildman–Crippen MR) is 68.6 cm³/mol. The van der Waals surface area contributed by atoms with Crippen LogP contribution < -0.4 is 10.2 Å². The van der Waals surface area contributed by atoms with Gasteiger partial charge in [0.05, 0.1) is 12.4 Å². The topological polar surface area (TPSA) is 78.3 Å². The number of rotatable bonds is 2. The molecule has 1 aliphatic heterocycles. The van der Waals surface area contributed by atoms with Crippen LogP contribution in [0.25, 0.3) is 0 Å². The Morgan fingerprint density at radius 3 is 2.35 bits per heavy atom. The number of anilines is 1. The van der Waals surface area contributed by atoms with E-state index in [4.69, 9.17) is 5.11 Å². The Morgan fingerprint density at radius 2 is 1.88 bits per heavy atom. The smallest absolute Gasteiger partial charge is 0.356 e. The minimum absolute atomic E-state index is 0. The summed E-state index contributed by atoms with van der Waals surface area (Å²) in [6.45, 7) is 3.59. The van der Waals surface area contributed by atoms with E-state index >= 15 is 0 Å². The molecule has 0 radical (unpaired) electrons. The monoisotopic (exact) mass is 280 g/mol. The predicted octanol–water partition coefficient (Wildman–Crippen LogP) is 0.428. The number of carboxylic acid groups (broad SMARTS) is 1. The van der Waals surface area contributed by atoms with Crippen molar-refractivity contribution >= 4 is 36.6 Å². The highest BCUT2D eigenvalue weighted by atomic mass is 35.5. The number of nitrogens with zero attached hydrogens (tertiary/aromatic N) is 3. The van der Waals surface area contributed by atoms with Crippen molar-refractivity contribution in [3.8, 4) is 0 Å². The molecule has 2 N–H and O–H groups in total. The second-order valence-corrected chi connectivity index (χ2v) is 3.30. The second-order valence-electron chi connectivity index (χ2n) is 3.30. The summed E-state index contributed by atoms with van der Waals surface area (Å²) in [6, 6.07) is 0. The number of halogens is 2. The average Bonchev–Trinajstić information content (AvgIpc) is 2.30. The molecular formula is C9H14Cl2N4O2. The Balaban J connectivity index is 0.00000128. The van der Waals surface area contributed by atoms with E-state index in [1.54, 1.807) is 0 Å². The zero-order chi connectivity index (χ0) is 10.7. The average molecular weight is 281 g/mol. The molecule has 1 aromatic heterocycles. The summed E-state index contributed by atoms with van der Waals surface area (Å²) in [5.41, 5.74) is -0.0196. The Hall–Kier alpha value is -1.11. The van der Waals surface area contributed by atoms with Crippen molar-refractivity contribution in [3.63, 3.8) is 0 Å². The van der Waals surface area contributed by atoms with E-state index in [1.165, 1.54) is 12.4 Å². The van der Waals surface area contributed by atoms with Gasteiger partial charge in [-0.25, -0.2) is 14.8 Å². The van der Waals surface area contributed by atoms with Gasteiger partial charge in [0.15, 0.2) is 5.69 Å². The molecule has 1 fully saturated rings. The highest BCUT2D eigenvalue weighted by molar-refractivity contribution is 5.85. The highest BCUT2D eigenvalue weighted by Gasteiger charge is 2.12. The number of piperazine rings is 1. The van der Waals surface area contributed by atoms with Gasteiger partial charge >= 0.3 is 5.97 Å². The molecule has 8 heteroatoms. The van der Waals surface area contributed by atoms with Crippen LogP contribution in [0.5, 0.6) is 0 Å². The van der Waals surface area contributed by atoms with Gasteiger partial charge in [-0.2, -0.15) is 0 Å². The van der Waals surface area contributed by atoms with E-state index < -0.39 is 5.97 Å². The van der Waals surface area contributed by atoms with Crippen LogP contribution in [0, 0.1) is 0 Å². The van der Waals surface area contributed by atoms with E-state index in [-0.39, 0.29) is 30.5 Å². The summed E-state index contributed by atoms with van der Waals surface area (Å²) in [5.74, 6) is -0.309. The quantitative estimate of drug-likeness (QED) is 0.818. The first-order valence-electron chi connectivity index (χ1n) is 4.78. The lowest BCUT2D eigenvalue weighted by Gasteiger charge is -2.27. The Morgan fingerprint density at radius 1 is 1.24 bits per heavy atom. The molecule has 1 aliphatic rings. The largest absolute Gasteiger partial charge is 0.476 e. The van der Waals surface area contributed by atoms with E-state index in [0.29, 0.717) is 0 Å². The number of aromatic carboxylic acids is 1. The van der Waals surface area contributed by atoms with Crippen LogP contribution in [0.3, 0.4) is 0 Å². The first-order chi connectivity index (χ1) is 7.27. The summed E-state index contributed by atoms with van der Waals surface area (Å²) in [4.78, 5) is 20.5. The maximum Gasteiger partial charge on any atom is 0.356 e. The number of carboxylic acids is 1. The molecule has 0 atom stereocenters. The lowest BCUT2D eigenvalue weighted by atomic mass is 10.3. The molecular weight excluding hydrogens is 267 g/mol. The molecule has 0 aromatic carbocycles. The molecule has 0 bridgehead atoms. The fraction of sp³-hybridized carbons (Fsp3) is 0.444. The molecule has 17 heavy (non-hydrogen) atoms. The summed E-state index contributed by atoms with van der Waals surface area (Å²) in [7, 11) is 0. The molecule has 6 nitrogen and oxygen atoms in total. The molecule has 2 heterocycles. The SMILES string of the molecule is Cl.Cl.O=C(O)c1cnc(N2CCNCC2)cn1. The summed E-state index contributed by atoms with van der Waals surface area (Å²) in [6.07, 6.45) is 2.80. The second kappa shape index (κ2) is 7.26. The van der Waals surface area contributed by atoms with E-state index in [9.17, 15) is 4.79 Å².